The number of nitrogens with one attached hydrogen (secondary N) is 3. The molecule has 0 saturated heterocycles. The molecule has 78 valence electrons. The Morgan fingerprint density at radius 1 is 1.57 bits per heavy atom. The highest BCUT2D eigenvalue weighted by Crippen LogP contribution is 1.99. The van der Waals surface area contributed by atoms with E-state index in [9.17, 15) is 4.79 Å². The lowest BCUT2D eigenvalue weighted by molar-refractivity contribution is -0.115. The van der Waals surface area contributed by atoms with Crippen molar-refractivity contribution >= 4 is 11.7 Å². The van der Waals surface area contributed by atoms with Crippen LogP contribution in [0.1, 0.15) is 20.8 Å². The van der Waals surface area contributed by atoms with Crippen LogP contribution in [0.5, 0.6) is 0 Å². The van der Waals surface area contributed by atoms with E-state index >= 15 is 0 Å². The summed E-state index contributed by atoms with van der Waals surface area (Å²) in [6.07, 6.45) is 1.59. The molecule has 3 N–H and O–H groups in total. The van der Waals surface area contributed by atoms with Crippen LogP contribution in [-0.2, 0) is 4.79 Å². The van der Waals surface area contributed by atoms with Crippen molar-refractivity contribution in [2.45, 2.75) is 26.3 Å². The maximum atomic E-state index is 11.3. The SMILES string of the molecule is CC(C)(C)NCC(=O)Nc1ccn[nH]1. The smallest absolute Gasteiger partial charge is 0.239 e. The van der Waals surface area contributed by atoms with Gasteiger partial charge in [-0.1, -0.05) is 0 Å². The molecule has 0 aliphatic rings. The minimum absolute atomic E-state index is 0.0503. The second-order valence-corrected chi connectivity index (χ2v) is 4.12. The van der Waals surface area contributed by atoms with Crippen LogP contribution in [0.3, 0.4) is 0 Å². The number of aromatic amines is 1. The molecule has 0 atom stereocenters. The molecule has 0 spiro atoms. The van der Waals surface area contributed by atoms with Crippen molar-refractivity contribution in [1.82, 2.24) is 15.5 Å². The molecule has 5 heteroatoms. The lowest BCUT2D eigenvalue weighted by Gasteiger charge is -2.19. The molecule has 0 radical (unpaired) electrons. The van der Waals surface area contributed by atoms with Gasteiger partial charge < -0.3 is 10.6 Å². The molecular weight excluding hydrogens is 180 g/mol. The molecule has 0 aliphatic heterocycles. The average Bonchev–Trinajstić information content (AvgIpc) is 2.52. The Bertz CT molecular complexity index is 286. The van der Waals surface area contributed by atoms with Gasteiger partial charge in [0, 0.05) is 11.6 Å². The predicted molar refractivity (Wildman–Crippen MR) is 55.0 cm³/mol. The summed E-state index contributed by atoms with van der Waals surface area (Å²) in [5, 5.41) is 12.1. The topological polar surface area (TPSA) is 69.8 Å². The highest BCUT2D eigenvalue weighted by molar-refractivity contribution is 5.91. The van der Waals surface area contributed by atoms with E-state index in [1.54, 1.807) is 12.3 Å². The molecule has 0 unspecified atom stereocenters. The second-order valence-electron chi connectivity index (χ2n) is 4.12. The first kappa shape index (κ1) is 10.7. The number of nitrogens with zero attached hydrogens (tertiary/aromatic N) is 1. The normalized spacial score (nSPS) is 11.4. The third kappa shape index (κ3) is 4.04. The Hall–Kier alpha value is -1.36. The van der Waals surface area contributed by atoms with Crippen LogP contribution in [0.25, 0.3) is 0 Å². The van der Waals surface area contributed by atoms with Gasteiger partial charge in [-0.3, -0.25) is 9.89 Å². The summed E-state index contributed by atoms with van der Waals surface area (Å²) in [5.74, 6) is 0.537. The molecule has 0 aliphatic carbocycles. The minimum Gasteiger partial charge on any atom is -0.310 e. The highest BCUT2D eigenvalue weighted by atomic mass is 16.2. The van der Waals surface area contributed by atoms with Crippen LogP contribution in [0.15, 0.2) is 12.3 Å². The Morgan fingerprint density at radius 3 is 2.79 bits per heavy atom. The van der Waals surface area contributed by atoms with Crippen molar-refractivity contribution in [2.75, 3.05) is 11.9 Å². The number of rotatable bonds is 3. The Balaban J connectivity index is 2.30. The van der Waals surface area contributed by atoms with Gasteiger partial charge in [0.15, 0.2) is 0 Å². The van der Waals surface area contributed by atoms with E-state index in [0.29, 0.717) is 12.4 Å². The Kier molecular flexibility index (Phi) is 3.24. The molecule has 1 aromatic heterocycles. The summed E-state index contributed by atoms with van der Waals surface area (Å²) in [7, 11) is 0. The van der Waals surface area contributed by atoms with Gasteiger partial charge >= 0.3 is 0 Å². The Labute approximate surface area is 83.3 Å². The van der Waals surface area contributed by atoms with E-state index in [1.807, 2.05) is 20.8 Å². The monoisotopic (exact) mass is 196 g/mol. The number of amides is 1. The van der Waals surface area contributed by atoms with Crippen molar-refractivity contribution in [3.05, 3.63) is 12.3 Å². The first-order valence-corrected chi connectivity index (χ1v) is 4.52. The molecule has 1 heterocycles. The standard InChI is InChI=1S/C9H16N4O/c1-9(2,3)10-6-8(14)12-7-4-5-11-13-7/h4-5,10H,6H2,1-3H3,(H2,11,12,13,14). The van der Waals surface area contributed by atoms with Crippen LogP contribution >= 0.6 is 0 Å². The van der Waals surface area contributed by atoms with Gasteiger partial charge in [-0.05, 0) is 20.8 Å². The second kappa shape index (κ2) is 4.23. The van der Waals surface area contributed by atoms with Crippen LogP contribution in [-0.4, -0.2) is 28.2 Å². The highest BCUT2D eigenvalue weighted by Gasteiger charge is 2.11. The van der Waals surface area contributed by atoms with Crippen LogP contribution in [0, 0.1) is 0 Å². The summed E-state index contributed by atoms with van der Waals surface area (Å²) >= 11 is 0. The van der Waals surface area contributed by atoms with E-state index in [1.165, 1.54) is 0 Å². The first-order valence-electron chi connectivity index (χ1n) is 4.52. The quantitative estimate of drug-likeness (QED) is 0.667. The number of aromatic nitrogens is 2. The molecule has 1 amide bonds. The summed E-state index contributed by atoms with van der Waals surface area (Å²) in [6.45, 7) is 6.33. The predicted octanol–water partition coefficient (Wildman–Crippen LogP) is 0.736. The number of hydrogen-bond donors (Lipinski definition) is 3. The van der Waals surface area contributed by atoms with Gasteiger partial charge in [0.05, 0.1) is 12.7 Å². The van der Waals surface area contributed by atoms with Gasteiger partial charge in [-0.15, -0.1) is 0 Å². The zero-order valence-electron chi connectivity index (χ0n) is 8.72. The van der Waals surface area contributed by atoms with Gasteiger partial charge in [0.1, 0.15) is 5.82 Å². The third-order valence-electron chi connectivity index (χ3n) is 1.55. The first-order chi connectivity index (χ1) is 6.47. The maximum absolute atomic E-state index is 11.3. The van der Waals surface area contributed by atoms with E-state index in [4.69, 9.17) is 0 Å². The summed E-state index contributed by atoms with van der Waals surface area (Å²) < 4.78 is 0. The largest absolute Gasteiger partial charge is 0.310 e. The summed E-state index contributed by atoms with van der Waals surface area (Å²) in [6, 6.07) is 1.70. The molecule has 1 rings (SSSR count). The zero-order chi connectivity index (χ0) is 10.6. The zero-order valence-corrected chi connectivity index (χ0v) is 8.72. The van der Waals surface area contributed by atoms with Gasteiger partial charge in [0.25, 0.3) is 0 Å². The summed E-state index contributed by atoms with van der Waals surface area (Å²) in [5.41, 5.74) is -0.0503. The number of hydrogen-bond acceptors (Lipinski definition) is 3. The average molecular weight is 196 g/mol. The maximum Gasteiger partial charge on any atom is 0.239 e. The number of anilines is 1. The van der Waals surface area contributed by atoms with E-state index in [2.05, 4.69) is 20.8 Å². The van der Waals surface area contributed by atoms with E-state index < -0.39 is 0 Å². The molecular formula is C9H16N4O. The van der Waals surface area contributed by atoms with Gasteiger partial charge in [-0.25, -0.2) is 0 Å². The van der Waals surface area contributed by atoms with E-state index in [0.717, 1.165) is 0 Å². The Morgan fingerprint density at radius 2 is 2.29 bits per heavy atom. The molecule has 0 bridgehead atoms. The van der Waals surface area contributed by atoms with Gasteiger partial charge in [-0.2, -0.15) is 5.10 Å². The summed E-state index contributed by atoms with van der Waals surface area (Å²) in [4.78, 5) is 11.3. The van der Waals surface area contributed by atoms with Gasteiger partial charge in [0.2, 0.25) is 5.91 Å². The molecule has 5 nitrogen and oxygen atoms in total. The van der Waals surface area contributed by atoms with Crippen LogP contribution in [0.4, 0.5) is 5.82 Å². The fourth-order valence-electron chi connectivity index (χ4n) is 0.865. The third-order valence-corrected chi connectivity index (χ3v) is 1.55. The fraction of sp³-hybridized carbons (Fsp3) is 0.556. The van der Waals surface area contributed by atoms with E-state index in [-0.39, 0.29) is 11.4 Å². The molecule has 0 saturated carbocycles. The number of carbonyl (C=O) groups excluding carboxylic acids is 1. The number of carbonyl (C=O) groups is 1. The van der Waals surface area contributed by atoms with Crippen molar-refractivity contribution in [3.8, 4) is 0 Å². The molecule has 14 heavy (non-hydrogen) atoms. The fourth-order valence-corrected chi connectivity index (χ4v) is 0.865. The molecule has 1 aromatic rings. The van der Waals surface area contributed by atoms with Crippen molar-refractivity contribution < 1.29 is 4.79 Å². The minimum atomic E-state index is -0.0795. The van der Waals surface area contributed by atoms with Crippen molar-refractivity contribution in [3.63, 3.8) is 0 Å². The molecule has 0 aromatic carbocycles. The van der Waals surface area contributed by atoms with Crippen LogP contribution in [0.2, 0.25) is 0 Å². The lowest BCUT2D eigenvalue weighted by atomic mass is 10.1. The molecule has 0 fully saturated rings. The lowest BCUT2D eigenvalue weighted by Crippen LogP contribution is -2.41. The van der Waals surface area contributed by atoms with Crippen molar-refractivity contribution in [1.29, 1.82) is 0 Å². The van der Waals surface area contributed by atoms with Crippen LogP contribution < -0.4 is 10.6 Å². The number of H-pyrrole nitrogens is 1. The van der Waals surface area contributed by atoms with Crippen molar-refractivity contribution in [2.24, 2.45) is 0 Å².